The van der Waals surface area contributed by atoms with E-state index >= 15 is 0 Å². The van der Waals surface area contributed by atoms with Crippen LogP contribution >= 0.6 is 0 Å². The highest BCUT2D eigenvalue weighted by molar-refractivity contribution is 5.77. The van der Waals surface area contributed by atoms with E-state index in [1.807, 2.05) is 0 Å². The minimum Gasteiger partial charge on any atom is -0.466 e. The molecular formula is C17H24FN2O3+. The minimum absolute atomic E-state index is 0.0613. The number of hydrogen-bond donors (Lipinski definition) is 2. The molecule has 0 spiro atoms. The molecule has 1 fully saturated rings. The van der Waals surface area contributed by atoms with E-state index in [0.29, 0.717) is 26.2 Å². The number of rotatable bonds is 6. The Kier molecular flexibility index (Phi) is 6.52. The molecule has 1 heterocycles. The fourth-order valence-corrected chi connectivity index (χ4v) is 2.87. The number of piperidine rings is 1. The van der Waals surface area contributed by atoms with Gasteiger partial charge in [0.25, 0.3) is 5.91 Å². The van der Waals surface area contributed by atoms with Crippen LogP contribution in [0.4, 0.5) is 4.39 Å². The number of esters is 1. The molecule has 5 nitrogen and oxygen atoms in total. The van der Waals surface area contributed by atoms with Crippen molar-refractivity contribution in [2.75, 3.05) is 26.2 Å². The summed E-state index contributed by atoms with van der Waals surface area (Å²) in [6.45, 7) is 4.45. The highest BCUT2D eigenvalue weighted by Crippen LogP contribution is 2.09. The van der Waals surface area contributed by atoms with E-state index in [0.717, 1.165) is 29.8 Å². The Morgan fingerprint density at radius 3 is 2.78 bits per heavy atom. The second kappa shape index (κ2) is 8.62. The predicted octanol–water partition coefficient (Wildman–Crippen LogP) is 0.300. The van der Waals surface area contributed by atoms with Crippen LogP contribution in [0, 0.1) is 11.7 Å². The van der Waals surface area contributed by atoms with Gasteiger partial charge in [-0.25, -0.2) is 4.39 Å². The van der Waals surface area contributed by atoms with Crippen LogP contribution in [-0.2, 0) is 20.9 Å². The van der Waals surface area contributed by atoms with Gasteiger partial charge in [0.05, 0.1) is 19.7 Å². The highest BCUT2D eigenvalue weighted by atomic mass is 19.1. The van der Waals surface area contributed by atoms with Gasteiger partial charge in [-0.1, -0.05) is 12.1 Å². The summed E-state index contributed by atoms with van der Waals surface area (Å²) in [5.41, 5.74) is 0.859. The number of carbonyl (C=O) groups is 2. The monoisotopic (exact) mass is 323 g/mol. The number of hydrogen-bond acceptors (Lipinski definition) is 3. The molecule has 126 valence electrons. The fraction of sp³-hybridized carbons (Fsp3) is 0.529. The van der Waals surface area contributed by atoms with Gasteiger partial charge in [-0.15, -0.1) is 0 Å². The van der Waals surface area contributed by atoms with Gasteiger partial charge in [0.1, 0.15) is 11.7 Å². The van der Waals surface area contributed by atoms with E-state index in [2.05, 4.69) is 5.32 Å². The van der Waals surface area contributed by atoms with Gasteiger partial charge in [-0.05, 0) is 37.5 Å². The number of ether oxygens (including phenoxy) is 1. The summed E-state index contributed by atoms with van der Waals surface area (Å²) >= 11 is 0. The average molecular weight is 323 g/mol. The van der Waals surface area contributed by atoms with Crippen molar-refractivity contribution in [1.82, 2.24) is 5.32 Å². The van der Waals surface area contributed by atoms with E-state index in [-0.39, 0.29) is 23.6 Å². The van der Waals surface area contributed by atoms with Crippen LogP contribution in [0.25, 0.3) is 0 Å². The second-order valence-electron chi connectivity index (χ2n) is 5.88. The Balaban J connectivity index is 1.76. The van der Waals surface area contributed by atoms with Gasteiger partial charge < -0.3 is 15.0 Å². The van der Waals surface area contributed by atoms with Crippen molar-refractivity contribution in [2.45, 2.75) is 26.3 Å². The lowest BCUT2D eigenvalue weighted by Crippen LogP contribution is -3.14. The zero-order chi connectivity index (χ0) is 16.7. The highest BCUT2D eigenvalue weighted by Gasteiger charge is 2.30. The molecule has 1 aliphatic heterocycles. The zero-order valence-electron chi connectivity index (χ0n) is 13.4. The van der Waals surface area contributed by atoms with Gasteiger partial charge >= 0.3 is 5.97 Å². The van der Waals surface area contributed by atoms with Crippen LogP contribution in [0.5, 0.6) is 0 Å². The largest absolute Gasteiger partial charge is 0.466 e. The van der Waals surface area contributed by atoms with Crippen molar-refractivity contribution < 1.29 is 23.6 Å². The lowest BCUT2D eigenvalue weighted by Gasteiger charge is -2.28. The van der Waals surface area contributed by atoms with E-state index in [9.17, 15) is 14.0 Å². The van der Waals surface area contributed by atoms with Crippen LogP contribution in [-0.4, -0.2) is 38.1 Å². The summed E-state index contributed by atoms with van der Waals surface area (Å²) in [4.78, 5) is 24.9. The van der Waals surface area contributed by atoms with E-state index < -0.39 is 0 Å². The number of quaternary nitrogens is 1. The first-order valence-corrected chi connectivity index (χ1v) is 8.09. The number of nitrogens with one attached hydrogen (secondary N) is 2. The molecule has 0 aromatic heterocycles. The van der Waals surface area contributed by atoms with Crippen LogP contribution in [0.3, 0.4) is 0 Å². The third-order valence-electron chi connectivity index (χ3n) is 4.05. The zero-order valence-corrected chi connectivity index (χ0v) is 13.4. The molecule has 6 heteroatoms. The molecule has 1 amide bonds. The standard InChI is InChI=1S/C17H23FN2O3/c1-2-23-17(22)14-4-3-9-20(11-14)12-16(21)19-10-13-5-7-15(18)8-6-13/h5-8,14H,2-4,9-12H2,1H3,(H,19,21)/p+1/t14-/m0/s1. The molecule has 0 saturated carbocycles. The van der Waals surface area contributed by atoms with Gasteiger partial charge in [-0.3, -0.25) is 9.59 Å². The first-order chi connectivity index (χ1) is 11.1. The first kappa shape index (κ1) is 17.4. The maximum atomic E-state index is 12.8. The SMILES string of the molecule is CCOC(=O)[C@H]1CCC[NH+](CC(=O)NCc2ccc(F)cc2)C1. The molecular weight excluding hydrogens is 299 g/mol. The minimum atomic E-state index is -0.289. The van der Waals surface area contributed by atoms with Crippen LogP contribution in [0.15, 0.2) is 24.3 Å². The molecule has 2 atom stereocenters. The number of likely N-dealkylation sites (tertiary alicyclic amines) is 1. The van der Waals surface area contributed by atoms with Crippen molar-refractivity contribution >= 4 is 11.9 Å². The maximum Gasteiger partial charge on any atom is 0.314 e. The van der Waals surface area contributed by atoms with E-state index in [4.69, 9.17) is 4.74 Å². The van der Waals surface area contributed by atoms with Gasteiger partial charge in [0, 0.05) is 6.54 Å². The summed E-state index contributed by atoms with van der Waals surface area (Å²) in [5.74, 6) is -0.614. The van der Waals surface area contributed by atoms with Crippen molar-refractivity contribution in [2.24, 2.45) is 5.92 Å². The predicted molar refractivity (Wildman–Crippen MR) is 83.2 cm³/mol. The van der Waals surface area contributed by atoms with Gasteiger partial charge in [-0.2, -0.15) is 0 Å². The van der Waals surface area contributed by atoms with Crippen LogP contribution in [0.2, 0.25) is 0 Å². The van der Waals surface area contributed by atoms with Crippen molar-refractivity contribution in [3.8, 4) is 0 Å². The summed E-state index contributed by atoms with van der Waals surface area (Å²) in [5, 5.41) is 2.84. The molecule has 1 aromatic carbocycles. The van der Waals surface area contributed by atoms with Crippen LogP contribution in [0.1, 0.15) is 25.3 Å². The molecule has 2 N–H and O–H groups in total. The number of halogens is 1. The average Bonchev–Trinajstić information content (AvgIpc) is 2.55. The summed E-state index contributed by atoms with van der Waals surface area (Å²) < 4.78 is 17.9. The molecule has 2 rings (SSSR count). The summed E-state index contributed by atoms with van der Waals surface area (Å²) in [7, 11) is 0. The Morgan fingerprint density at radius 1 is 1.35 bits per heavy atom. The third kappa shape index (κ3) is 5.63. The molecule has 23 heavy (non-hydrogen) atoms. The van der Waals surface area contributed by atoms with Crippen molar-refractivity contribution in [1.29, 1.82) is 0 Å². The quantitative estimate of drug-likeness (QED) is 0.740. The molecule has 1 aliphatic rings. The second-order valence-corrected chi connectivity index (χ2v) is 5.88. The summed E-state index contributed by atoms with van der Waals surface area (Å²) in [6.07, 6.45) is 1.75. The Labute approximate surface area is 135 Å². The number of carbonyl (C=O) groups excluding carboxylic acids is 2. The molecule has 1 aromatic rings. The Hall–Kier alpha value is -1.95. The lowest BCUT2D eigenvalue weighted by molar-refractivity contribution is -0.899. The van der Waals surface area contributed by atoms with E-state index in [1.54, 1.807) is 19.1 Å². The smallest absolute Gasteiger partial charge is 0.314 e. The Bertz CT molecular complexity index is 533. The number of amides is 1. The molecule has 1 saturated heterocycles. The fourth-order valence-electron chi connectivity index (χ4n) is 2.87. The van der Waals surface area contributed by atoms with Crippen molar-refractivity contribution in [3.63, 3.8) is 0 Å². The third-order valence-corrected chi connectivity index (χ3v) is 4.05. The Morgan fingerprint density at radius 2 is 2.09 bits per heavy atom. The summed E-state index contributed by atoms with van der Waals surface area (Å²) in [6, 6.07) is 6.06. The van der Waals surface area contributed by atoms with Gasteiger partial charge in [0.15, 0.2) is 6.54 Å². The van der Waals surface area contributed by atoms with E-state index in [1.165, 1.54) is 12.1 Å². The number of benzene rings is 1. The maximum absolute atomic E-state index is 12.8. The molecule has 1 unspecified atom stereocenters. The lowest BCUT2D eigenvalue weighted by atomic mass is 9.98. The molecule has 0 radical (unpaired) electrons. The topological polar surface area (TPSA) is 59.8 Å². The molecule has 0 aliphatic carbocycles. The normalized spacial score (nSPS) is 20.8. The molecule has 0 bridgehead atoms. The van der Waals surface area contributed by atoms with Crippen molar-refractivity contribution in [3.05, 3.63) is 35.6 Å². The van der Waals surface area contributed by atoms with Gasteiger partial charge in [0.2, 0.25) is 0 Å². The first-order valence-electron chi connectivity index (χ1n) is 8.09. The van der Waals surface area contributed by atoms with Crippen LogP contribution < -0.4 is 10.2 Å².